The molecule has 0 atom stereocenters. The molecule has 0 bridgehead atoms. The summed E-state index contributed by atoms with van der Waals surface area (Å²) in [7, 11) is 3.46. The van der Waals surface area contributed by atoms with Crippen LogP contribution in [0.1, 0.15) is 5.56 Å². The van der Waals surface area contributed by atoms with Crippen molar-refractivity contribution in [2.75, 3.05) is 14.2 Å². The van der Waals surface area contributed by atoms with Gasteiger partial charge in [0.25, 0.3) is 0 Å². The third-order valence-electron chi connectivity index (χ3n) is 1.66. The number of hydrogen-bond acceptors (Lipinski definition) is 2. The van der Waals surface area contributed by atoms with E-state index >= 15 is 0 Å². The Morgan fingerprint density at radius 1 is 1.00 bits per heavy atom. The standard InChI is InChI=1S/C7H7.2CH3O.Pb/c1-7-5-3-2-4-6-7;2*1-2;/h3-6H,1H3;2*1H3;/q;2*-1;+2. The third-order valence-corrected chi connectivity index (χ3v) is 7.67. The summed E-state index contributed by atoms with van der Waals surface area (Å²) in [6.07, 6.45) is 0. The Bertz CT molecular complexity index is 229. The quantitative estimate of drug-likeness (QED) is 0.749. The van der Waals surface area contributed by atoms with E-state index in [1.807, 2.05) is 0 Å². The summed E-state index contributed by atoms with van der Waals surface area (Å²) in [6.45, 7) is 2.08. The molecule has 2 nitrogen and oxygen atoms in total. The summed E-state index contributed by atoms with van der Waals surface area (Å²) < 4.78 is 11.9. The van der Waals surface area contributed by atoms with E-state index in [-0.39, 0.29) is 0 Å². The van der Waals surface area contributed by atoms with Gasteiger partial charge in [0, 0.05) is 0 Å². The Morgan fingerprint density at radius 3 is 1.92 bits per heavy atom. The van der Waals surface area contributed by atoms with Crippen LogP contribution < -0.4 is 3.12 Å². The molecule has 12 heavy (non-hydrogen) atoms. The second-order valence-electron chi connectivity index (χ2n) is 2.56. The number of aryl methyl sites for hydroxylation is 1. The predicted octanol–water partition coefficient (Wildman–Crippen LogP) is 0.983. The topological polar surface area (TPSA) is 18.5 Å². The van der Waals surface area contributed by atoms with E-state index in [9.17, 15) is 0 Å². The number of rotatable bonds is 3. The zero-order valence-corrected chi connectivity index (χ0v) is 11.5. The van der Waals surface area contributed by atoms with Crippen molar-refractivity contribution in [3.05, 3.63) is 29.8 Å². The molecule has 1 radical (unpaired) electrons. The normalized spacial score (nSPS) is 10.7. The van der Waals surface area contributed by atoms with E-state index in [1.54, 1.807) is 14.2 Å². The van der Waals surface area contributed by atoms with E-state index in [2.05, 4.69) is 31.2 Å². The first kappa shape index (κ1) is 10.1. The van der Waals surface area contributed by atoms with Gasteiger partial charge in [-0.05, 0) is 0 Å². The van der Waals surface area contributed by atoms with Crippen LogP contribution in [0.4, 0.5) is 0 Å². The Balaban J connectivity index is 2.80. The molecule has 0 fully saturated rings. The maximum absolute atomic E-state index is 5.32. The minimum atomic E-state index is -2.28. The first-order valence-corrected chi connectivity index (χ1v) is 8.91. The van der Waals surface area contributed by atoms with Gasteiger partial charge in [-0.1, -0.05) is 0 Å². The average molecular weight is 360 g/mol. The zero-order chi connectivity index (χ0) is 8.97. The van der Waals surface area contributed by atoms with Crippen molar-refractivity contribution in [2.24, 2.45) is 0 Å². The first-order valence-electron chi connectivity index (χ1n) is 3.80. The van der Waals surface area contributed by atoms with Crippen LogP contribution in [0.25, 0.3) is 0 Å². The van der Waals surface area contributed by atoms with Crippen LogP contribution >= 0.6 is 0 Å². The van der Waals surface area contributed by atoms with Crippen molar-refractivity contribution in [3.63, 3.8) is 0 Å². The van der Waals surface area contributed by atoms with Gasteiger partial charge < -0.3 is 0 Å². The molecule has 0 amide bonds. The Labute approximate surface area is 82.9 Å². The van der Waals surface area contributed by atoms with E-state index in [0.717, 1.165) is 0 Å². The van der Waals surface area contributed by atoms with Crippen molar-refractivity contribution >= 4 is 26.7 Å². The molecule has 65 valence electrons. The van der Waals surface area contributed by atoms with Gasteiger partial charge in [-0.3, -0.25) is 0 Å². The third kappa shape index (κ3) is 2.53. The molecule has 0 saturated heterocycles. The van der Waals surface area contributed by atoms with Crippen LogP contribution in [-0.2, 0) is 5.37 Å². The zero-order valence-electron chi connectivity index (χ0n) is 7.63. The van der Waals surface area contributed by atoms with Gasteiger partial charge in [0.15, 0.2) is 0 Å². The SMILES string of the molecule is C[O][Pb]([O]C)[c]1ccc(C)cc1. The molecule has 0 spiro atoms. The Morgan fingerprint density at radius 2 is 1.50 bits per heavy atom. The molecule has 0 N–H and O–H groups in total. The van der Waals surface area contributed by atoms with E-state index < -0.39 is 23.6 Å². The molecule has 0 aliphatic heterocycles. The summed E-state index contributed by atoms with van der Waals surface area (Å²) in [4.78, 5) is 0. The molecule has 3 heteroatoms. The van der Waals surface area contributed by atoms with Crippen LogP contribution in [0.3, 0.4) is 0 Å². The van der Waals surface area contributed by atoms with Gasteiger partial charge in [-0.25, -0.2) is 0 Å². The van der Waals surface area contributed by atoms with Crippen molar-refractivity contribution < 1.29 is 5.37 Å². The molecule has 0 aliphatic carbocycles. The minimum absolute atomic E-state index is 1.26. The molecule has 1 aromatic carbocycles. The van der Waals surface area contributed by atoms with Crippen LogP contribution in [0, 0.1) is 6.92 Å². The van der Waals surface area contributed by atoms with Crippen LogP contribution in [0.2, 0.25) is 0 Å². The van der Waals surface area contributed by atoms with Crippen molar-refractivity contribution in [1.82, 2.24) is 0 Å². The summed E-state index contributed by atoms with van der Waals surface area (Å²) in [5, 5.41) is 0. The fourth-order valence-corrected chi connectivity index (χ4v) is 5.20. The second-order valence-corrected chi connectivity index (χ2v) is 10.2. The molecule has 0 saturated carbocycles. The Hall–Kier alpha value is 0.0621. The number of benzene rings is 1. The maximum atomic E-state index is 5.32. The van der Waals surface area contributed by atoms with Crippen LogP contribution in [0.15, 0.2) is 24.3 Å². The van der Waals surface area contributed by atoms with Gasteiger partial charge in [0.1, 0.15) is 0 Å². The molecule has 1 aromatic rings. The second kappa shape index (κ2) is 4.94. The van der Waals surface area contributed by atoms with Gasteiger partial charge in [0.05, 0.1) is 0 Å². The molecule has 0 unspecified atom stereocenters. The van der Waals surface area contributed by atoms with Crippen molar-refractivity contribution in [1.29, 1.82) is 0 Å². The average Bonchev–Trinajstić information content (AvgIpc) is 2.10. The molecular formula is C9H13O2Pb. The van der Waals surface area contributed by atoms with Gasteiger partial charge in [-0.15, -0.1) is 0 Å². The van der Waals surface area contributed by atoms with E-state index in [1.165, 1.54) is 8.69 Å². The molecule has 1 rings (SSSR count). The summed E-state index contributed by atoms with van der Waals surface area (Å²) in [6, 6.07) is 8.39. The monoisotopic (exact) mass is 361 g/mol. The number of hydrogen-bond donors (Lipinski definition) is 0. The summed E-state index contributed by atoms with van der Waals surface area (Å²) in [5.74, 6) is 0. The van der Waals surface area contributed by atoms with Gasteiger partial charge in [0.2, 0.25) is 0 Å². The summed E-state index contributed by atoms with van der Waals surface area (Å²) >= 11 is -2.28. The van der Waals surface area contributed by atoms with Crippen LogP contribution in [-0.4, -0.2) is 37.8 Å². The van der Waals surface area contributed by atoms with Gasteiger partial charge >= 0.3 is 83.1 Å². The first-order chi connectivity index (χ1) is 5.77. The fraction of sp³-hybridized carbons (Fsp3) is 0.333. The van der Waals surface area contributed by atoms with E-state index in [0.29, 0.717) is 0 Å². The van der Waals surface area contributed by atoms with Crippen molar-refractivity contribution in [3.8, 4) is 0 Å². The molecule has 0 heterocycles. The van der Waals surface area contributed by atoms with Gasteiger partial charge in [-0.2, -0.15) is 0 Å². The van der Waals surface area contributed by atoms with Crippen LogP contribution in [0.5, 0.6) is 0 Å². The Kier molecular flexibility index (Phi) is 4.17. The fourth-order valence-electron chi connectivity index (χ4n) is 1.01. The van der Waals surface area contributed by atoms with E-state index in [4.69, 9.17) is 5.37 Å². The molecular weight excluding hydrogens is 347 g/mol. The van der Waals surface area contributed by atoms with Crippen molar-refractivity contribution in [2.45, 2.75) is 6.92 Å². The molecule has 0 aromatic heterocycles. The predicted molar refractivity (Wildman–Crippen MR) is 50.6 cm³/mol. The summed E-state index contributed by atoms with van der Waals surface area (Å²) in [5.41, 5.74) is 1.27. The molecule has 0 aliphatic rings.